The zero-order valence-electron chi connectivity index (χ0n) is 13.6. The van der Waals surface area contributed by atoms with Gasteiger partial charge in [0.25, 0.3) is 5.69 Å². The molecule has 0 radical (unpaired) electrons. The van der Waals surface area contributed by atoms with Crippen LogP contribution in [-0.2, 0) is 4.79 Å². The van der Waals surface area contributed by atoms with Gasteiger partial charge in [-0.05, 0) is 42.3 Å². The fraction of sp³-hybridized carbons (Fsp3) is 0.167. The molecule has 25 heavy (non-hydrogen) atoms. The highest BCUT2D eigenvalue weighted by atomic mass is 19.1. The van der Waals surface area contributed by atoms with Gasteiger partial charge in [0.2, 0.25) is 5.91 Å². The Hall–Kier alpha value is -3.22. The fourth-order valence-corrected chi connectivity index (χ4v) is 2.00. The standard InChI is InChI=1S/C18H17FN2O4/c1-2-11-25-15-8-9-16(17(12-15)21(23)24)20-18(22)10-5-13-3-6-14(19)7-4-13/h3-10,12H,2,11H2,1H3,(H,20,22)/b10-5+. The lowest BCUT2D eigenvalue weighted by Gasteiger charge is -2.07. The van der Waals surface area contributed by atoms with Crippen LogP contribution in [0.1, 0.15) is 18.9 Å². The van der Waals surface area contributed by atoms with E-state index in [1.807, 2.05) is 6.92 Å². The molecule has 130 valence electrons. The van der Waals surface area contributed by atoms with Gasteiger partial charge in [0, 0.05) is 6.08 Å². The Morgan fingerprint density at radius 2 is 2.00 bits per heavy atom. The summed E-state index contributed by atoms with van der Waals surface area (Å²) >= 11 is 0. The average Bonchev–Trinajstić information content (AvgIpc) is 2.60. The number of hydrogen-bond donors (Lipinski definition) is 1. The van der Waals surface area contributed by atoms with Crippen molar-refractivity contribution in [3.8, 4) is 5.75 Å². The van der Waals surface area contributed by atoms with E-state index in [-0.39, 0.29) is 17.2 Å². The van der Waals surface area contributed by atoms with Gasteiger partial charge in [-0.1, -0.05) is 19.1 Å². The molecule has 0 aliphatic heterocycles. The number of ether oxygens (including phenoxy) is 1. The number of halogens is 1. The predicted octanol–water partition coefficient (Wildman–Crippen LogP) is 4.17. The molecular formula is C18H17FN2O4. The molecule has 0 aliphatic carbocycles. The zero-order chi connectivity index (χ0) is 18.2. The van der Waals surface area contributed by atoms with Crippen molar-refractivity contribution in [3.63, 3.8) is 0 Å². The number of carbonyl (C=O) groups excluding carboxylic acids is 1. The van der Waals surface area contributed by atoms with Crippen LogP contribution in [0.3, 0.4) is 0 Å². The first-order chi connectivity index (χ1) is 12.0. The van der Waals surface area contributed by atoms with Crippen molar-refractivity contribution in [3.05, 3.63) is 70.0 Å². The number of nitrogens with zero attached hydrogens (tertiary/aromatic N) is 1. The summed E-state index contributed by atoms with van der Waals surface area (Å²) in [6.45, 7) is 2.37. The summed E-state index contributed by atoms with van der Waals surface area (Å²) in [5.41, 5.74) is 0.453. The SMILES string of the molecule is CCCOc1ccc(NC(=O)/C=C/c2ccc(F)cc2)c([N+](=O)[O-])c1. The van der Waals surface area contributed by atoms with Gasteiger partial charge in [0.05, 0.1) is 17.6 Å². The van der Waals surface area contributed by atoms with Crippen LogP contribution in [0.5, 0.6) is 5.75 Å². The van der Waals surface area contributed by atoms with E-state index in [1.54, 1.807) is 6.07 Å². The highest BCUT2D eigenvalue weighted by Crippen LogP contribution is 2.29. The Morgan fingerprint density at radius 1 is 1.28 bits per heavy atom. The minimum atomic E-state index is -0.585. The summed E-state index contributed by atoms with van der Waals surface area (Å²) in [6.07, 6.45) is 3.48. The average molecular weight is 344 g/mol. The molecule has 0 bridgehead atoms. The number of rotatable bonds is 7. The first-order valence-corrected chi connectivity index (χ1v) is 7.65. The largest absolute Gasteiger partial charge is 0.493 e. The monoisotopic (exact) mass is 344 g/mol. The molecule has 0 aliphatic rings. The maximum Gasteiger partial charge on any atom is 0.296 e. The molecule has 2 aromatic rings. The summed E-state index contributed by atoms with van der Waals surface area (Å²) in [6, 6.07) is 9.83. The predicted molar refractivity (Wildman–Crippen MR) is 92.9 cm³/mol. The van der Waals surface area contributed by atoms with Crippen LogP contribution < -0.4 is 10.1 Å². The summed E-state index contributed by atoms with van der Waals surface area (Å²) in [5.74, 6) is -0.536. The molecule has 0 unspecified atom stereocenters. The molecular weight excluding hydrogens is 327 g/mol. The number of benzene rings is 2. The summed E-state index contributed by atoms with van der Waals surface area (Å²) in [7, 11) is 0. The molecule has 0 fully saturated rings. The molecule has 0 atom stereocenters. The van der Waals surface area contributed by atoms with Gasteiger partial charge in [-0.3, -0.25) is 14.9 Å². The van der Waals surface area contributed by atoms with Gasteiger partial charge in [0.1, 0.15) is 17.3 Å². The number of nitro groups is 1. The third kappa shape index (κ3) is 5.42. The minimum absolute atomic E-state index is 0.0719. The van der Waals surface area contributed by atoms with Crippen molar-refractivity contribution >= 4 is 23.4 Å². The third-order valence-electron chi connectivity index (χ3n) is 3.19. The lowest BCUT2D eigenvalue weighted by atomic mass is 10.2. The van der Waals surface area contributed by atoms with E-state index < -0.39 is 10.8 Å². The van der Waals surface area contributed by atoms with Crippen molar-refractivity contribution in [1.29, 1.82) is 0 Å². The summed E-state index contributed by atoms with van der Waals surface area (Å²) < 4.78 is 18.2. The van der Waals surface area contributed by atoms with Crippen molar-refractivity contribution < 1.29 is 18.8 Å². The molecule has 0 saturated heterocycles. The van der Waals surface area contributed by atoms with Crippen LogP contribution >= 0.6 is 0 Å². The Labute approximate surface area is 144 Å². The van der Waals surface area contributed by atoms with Crippen LogP contribution in [0.4, 0.5) is 15.8 Å². The molecule has 1 amide bonds. The third-order valence-corrected chi connectivity index (χ3v) is 3.19. The van der Waals surface area contributed by atoms with Gasteiger partial charge in [-0.15, -0.1) is 0 Å². The van der Waals surface area contributed by atoms with Crippen molar-refractivity contribution in [2.45, 2.75) is 13.3 Å². The maximum absolute atomic E-state index is 12.8. The van der Waals surface area contributed by atoms with Gasteiger partial charge < -0.3 is 10.1 Å². The number of hydrogen-bond acceptors (Lipinski definition) is 4. The normalized spacial score (nSPS) is 10.6. The van der Waals surface area contributed by atoms with Crippen molar-refractivity contribution in [2.75, 3.05) is 11.9 Å². The van der Waals surface area contributed by atoms with E-state index in [4.69, 9.17) is 4.74 Å². The van der Waals surface area contributed by atoms with Crippen LogP contribution in [0.2, 0.25) is 0 Å². The second kappa shape index (κ2) is 8.58. The molecule has 0 aromatic heterocycles. The van der Waals surface area contributed by atoms with Gasteiger partial charge >= 0.3 is 0 Å². The molecule has 0 spiro atoms. The van der Waals surface area contributed by atoms with E-state index in [2.05, 4.69) is 5.32 Å². The van der Waals surface area contributed by atoms with Crippen LogP contribution in [0, 0.1) is 15.9 Å². The van der Waals surface area contributed by atoms with Crippen LogP contribution in [-0.4, -0.2) is 17.4 Å². The zero-order valence-corrected chi connectivity index (χ0v) is 13.6. The number of amides is 1. The Morgan fingerprint density at radius 3 is 2.64 bits per heavy atom. The fourth-order valence-electron chi connectivity index (χ4n) is 2.00. The first kappa shape index (κ1) is 18.1. The number of nitrogens with one attached hydrogen (secondary N) is 1. The molecule has 0 heterocycles. The molecule has 1 N–H and O–H groups in total. The Bertz CT molecular complexity index is 788. The van der Waals surface area contributed by atoms with E-state index in [1.165, 1.54) is 48.6 Å². The molecule has 7 heteroatoms. The van der Waals surface area contributed by atoms with Gasteiger partial charge in [-0.2, -0.15) is 0 Å². The second-order valence-electron chi connectivity index (χ2n) is 5.16. The van der Waals surface area contributed by atoms with E-state index in [0.29, 0.717) is 17.9 Å². The topological polar surface area (TPSA) is 81.5 Å². The lowest BCUT2D eigenvalue weighted by Crippen LogP contribution is -2.10. The second-order valence-corrected chi connectivity index (χ2v) is 5.16. The highest BCUT2D eigenvalue weighted by Gasteiger charge is 2.16. The Kier molecular flexibility index (Phi) is 6.22. The van der Waals surface area contributed by atoms with E-state index >= 15 is 0 Å². The molecule has 2 aromatic carbocycles. The maximum atomic E-state index is 12.8. The van der Waals surface area contributed by atoms with Gasteiger partial charge in [-0.25, -0.2) is 4.39 Å². The van der Waals surface area contributed by atoms with E-state index in [9.17, 15) is 19.3 Å². The number of carbonyl (C=O) groups is 1. The van der Waals surface area contributed by atoms with Gasteiger partial charge in [0.15, 0.2) is 0 Å². The first-order valence-electron chi connectivity index (χ1n) is 7.65. The molecule has 6 nitrogen and oxygen atoms in total. The number of anilines is 1. The highest BCUT2D eigenvalue weighted by molar-refractivity contribution is 6.03. The smallest absolute Gasteiger partial charge is 0.296 e. The summed E-state index contributed by atoms with van der Waals surface area (Å²) in [5, 5.41) is 13.6. The van der Waals surface area contributed by atoms with Crippen molar-refractivity contribution in [2.24, 2.45) is 0 Å². The van der Waals surface area contributed by atoms with Crippen molar-refractivity contribution in [1.82, 2.24) is 0 Å². The lowest BCUT2D eigenvalue weighted by molar-refractivity contribution is -0.384. The molecule has 2 rings (SSSR count). The van der Waals surface area contributed by atoms with Crippen LogP contribution in [0.15, 0.2) is 48.5 Å². The quantitative estimate of drug-likeness (QED) is 0.464. The van der Waals surface area contributed by atoms with E-state index in [0.717, 1.165) is 6.42 Å². The molecule has 0 saturated carbocycles. The summed E-state index contributed by atoms with van der Waals surface area (Å²) in [4.78, 5) is 22.6. The van der Waals surface area contributed by atoms with Crippen LogP contribution in [0.25, 0.3) is 6.08 Å². The Balaban J connectivity index is 2.11. The minimum Gasteiger partial charge on any atom is -0.493 e. The number of nitro benzene ring substituents is 1.